The van der Waals surface area contributed by atoms with Crippen LogP contribution in [0.1, 0.15) is 15.9 Å². The number of aryl methyl sites for hydroxylation is 1. The summed E-state index contributed by atoms with van der Waals surface area (Å²) in [7, 11) is 0. The van der Waals surface area contributed by atoms with Crippen LogP contribution in [-0.4, -0.2) is 29.6 Å². The summed E-state index contributed by atoms with van der Waals surface area (Å²) >= 11 is 0. The van der Waals surface area contributed by atoms with Crippen LogP contribution in [0, 0.1) is 6.92 Å². The largest absolute Gasteiger partial charge is 0.478 e. The number of imide groups is 1. The number of aromatic carboxylic acids is 1. The van der Waals surface area contributed by atoms with Crippen LogP contribution < -0.4 is 10.2 Å². The number of hydrogen-bond acceptors (Lipinski definition) is 3. The van der Waals surface area contributed by atoms with Crippen molar-refractivity contribution in [2.75, 3.05) is 11.4 Å². The van der Waals surface area contributed by atoms with Crippen LogP contribution in [0.3, 0.4) is 0 Å². The molecule has 3 amide bonds. The SMILES string of the molecule is Cc1cccc(N2C(=O)CNC2=O)c1C(=O)O. The van der Waals surface area contributed by atoms with Gasteiger partial charge in [-0.15, -0.1) is 0 Å². The van der Waals surface area contributed by atoms with Crippen LogP contribution in [0.15, 0.2) is 18.2 Å². The number of urea groups is 1. The third-order valence-corrected chi connectivity index (χ3v) is 2.55. The molecule has 88 valence electrons. The number of nitrogens with one attached hydrogen (secondary N) is 1. The molecule has 0 spiro atoms. The molecule has 1 aliphatic heterocycles. The van der Waals surface area contributed by atoms with Gasteiger partial charge in [-0.05, 0) is 18.6 Å². The average Bonchev–Trinajstić information content (AvgIpc) is 2.57. The molecule has 17 heavy (non-hydrogen) atoms. The van der Waals surface area contributed by atoms with E-state index in [1.54, 1.807) is 19.1 Å². The number of nitrogens with zero attached hydrogens (tertiary/aromatic N) is 1. The third-order valence-electron chi connectivity index (χ3n) is 2.55. The fourth-order valence-electron chi connectivity index (χ4n) is 1.78. The number of carboxylic acid groups (broad SMARTS) is 1. The van der Waals surface area contributed by atoms with Gasteiger partial charge in [-0.2, -0.15) is 0 Å². The highest BCUT2D eigenvalue weighted by Gasteiger charge is 2.33. The molecule has 1 aromatic carbocycles. The lowest BCUT2D eigenvalue weighted by Crippen LogP contribution is -2.32. The van der Waals surface area contributed by atoms with Crippen LogP contribution in [-0.2, 0) is 4.79 Å². The molecular formula is C11H10N2O4. The molecule has 6 heteroatoms. The van der Waals surface area contributed by atoms with Gasteiger partial charge in [0.1, 0.15) is 0 Å². The summed E-state index contributed by atoms with van der Waals surface area (Å²) < 4.78 is 0. The van der Waals surface area contributed by atoms with E-state index in [1.807, 2.05) is 0 Å². The molecule has 2 N–H and O–H groups in total. The Labute approximate surface area is 96.8 Å². The molecule has 1 aliphatic rings. The van der Waals surface area contributed by atoms with Crippen LogP contribution in [0.4, 0.5) is 10.5 Å². The molecule has 2 rings (SSSR count). The number of anilines is 1. The minimum atomic E-state index is -1.16. The van der Waals surface area contributed by atoms with Crippen LogP contribution in [0.5, 0.6) is 0 Å². The predicted octanol–water partition coefficient (Wildman–Crippen LogP) is 0.749. The smallest absolute Gasteiger partial charge is 0.338 e. The third kappa shape index (κ3) is 1.73. The van der Waals surface area contributed by atoms with Gasteiger partial charge >= 0.3 is 12.0 Å². The van der Waals surface area contributed by atoms with Gasteiger partial charge in [0.2, 0.25) is 0 Å². The zero-order chi connectivity index (χ0) is 12.6. The monoisotopic (exact) mass is 234 g/mol. The molecule has 1 aromatic rings. The zero-order valence-corrected chi connectivity index (χ0v) is 9.06. The molecule has 0 aromatic heterocycles. The first-order valence-corrected chi connectivity index (χ1v) is 4.96. The number of carboxylic acids is 1. The molecule has 1 heterocycles. The van der Waals surface area contributed by atoms with Gasteiger partial charge in [-0.25, -0.2) is 14.5 Å². The lowest BCUT2D eigenvalue weighted by atomic mass is 10.1. The summed E-state index contributed by atoms with van der Waals surface area (Å²) in [4.78, 5) is 35.0. The van der Waals surface area contributed by atoms with Crippen molar-refractivity contribution in [3.8, 4) is 0 Å². The molecule has 0 radical (unpaired) electrons. The average molecular weight is 234 g/mol. The van der Waals surface area contributed by atoms with Crippen LogP contribution in [0.25, 0.3) is 0 Å². The van der Waals surface area contributed by atoms with E-state index in [9.17, 15) is 14.4 Å². The van der Waals surface area contributed by atoms with E-state index in [0.717, 1.165) is 4.90 Å². The summed E-state index contributed by atoms with van der Waals surface area (Å²) in [6.07, 6.45) is 0. The van der Waals surface area contributed by atoms with Gasteiger partial charge in [-0.3, -0.25) is 4.79 Å². The minimum Gasteiger partial charge on any atom is -0.478 e. The Morgan fingerprint density at radius 1 is 1.41 bits per heavy atom. The van der Waals surface area contributed by atoms with Crippen molar-refractivity contribution >= 4 is 23.6 Å². The number of carbonyl (C=O) groups is 3. The van der Waals surface area contributed by atoms with Crippen molar-refractivity contribution in [3.05, 3.63) is 29.3 Å². The molecule has 6 nitrogen and oxygen atoms in total. The summed E-state index contributed by atoms with van der Waals surface area (Å²) in [5.41, 5.74) is 0.581. The van der Waals surface area contributed by atoms with Gasteiger partial charge in [0, 0.05) is 0 Å². The normalized spacial score (nSPS) is 15.0. The highest BCUT2D eigenvalue weighted by Crippen LogP contribution is 2.25. The van der Waals surface area contributed by atoms with E-state index in [0.29, 0.717) is 5.56 Å². The Kier molecular flexibility index (Phi) is 2.55. The maximum atomic E-state index is 11.5. The van der Waals surface area contributed by atoms with E-state index in [2.05, 4.69) is 5.32 Å². The second-order valence-electron chi connectivity index (χ2n) is 3.66. The number of benzene rings is 1. The highest BCUT2D eigenvalue weighted by atomic mass is 16.4. The fourth-order valence-corrected chi connectivity index (χ4v) is 1.78. The maximum Gasteiger partial charge on any atom is 0.338 e. The Balaban J connectivity index is 2.59. The highest BCUT2D eigenvalue weighted by molar-refractivity contribution is 6.21. The first kappa shape index (κ1) is 11.1. The Hall–Kier alpha value is -2.37. The maximum absolute atomic E-state index is 11.5. The quantitative estimate of drug-likeness (QED) is 0.739. The first-order valence-electron chi connectivity index (χ1n) is 4.96. The van der Waals surface area contributed by atoms with Gasteiger partial charge in [-0.1, -0.05) is 12.1 Å². The van der Waals surface area contributed by atoms with E-state index in [4.69, 9.17) is 5.11 Å². The molecule has 0 atom stereocenters. The van der Waals surface area contributed by atoms with Crippen molar-refractivity contribution in [3.63, 3.8) is 0 Å². The van der Waals surface area contributed by atoms with Gasteiger partial charge in [0.05, 0.1) is 17.8 Å². The molecule has 1 saturated heterocycles. The van der Waals surface area contributed by atoms with Gasteiger partial charge < -0.3 is 10.4 Å². The van der Waals surface area contributed by atoms with E-state index >= 15 is 0 Å². The van der Waals surface area contributed by atoms with Crippen LogP contribution in [0.2, 0.25) is 0 Å². The second kappa shape index (κ2) is 3.89. The first-order chi connectivity index (χ1) is 8.02. The molecule has 1 fully saturated rings. The molecule has 0 saturated carbocycles. The van der Waals surface area contributed by atoms with Crippen molar-refractivity contribution in [1.82, 2.24) is 5.32 Å². The molecule has 0 aliphatic carbocycles. The summed E-state index contributed by atoms with van der Waals surface area (Å²) in [5, 5.41) is 11.5. The van der Waals surface area contributed by atoms with E-state index in [-0.39, 0.29) is 17.8 Å². The molecule has 0 bridgehead atoms. The van der Waals surface area contributed by atoms with Crippen LogP contribution >= 0.6 is 0 Å². The van der Waals surface area contributed by atoms with Gasteiger partial charge in [0.15, 0.2) is 0 Å². The number of rotatable bonds is 2. The predicted molar refractivity (Wildman–Crippen MR) is 59.0 cm³/mol. The van der Waals surface area contributed by atoms with E-state index < -0.39 is 17.9 Å². The topological polar surface area (TPSA) is 86.7 Å². The summed E-state index contributed by atoms with van der Waals surface area (Å²) in [6, 6.07) is 4.07. The number of carbonyl (C=O) groups excluding carboxylic acids is 2. The summed E-state index contributed by atoms with van der Waals surface area (Å²) in [6.45, 7) is 1.51. The van der Waals surface area contributed by atoms with Crippen molar-refractivity contribution in [1.29, 1.82) is 0 Å². The van der Waals surface area contributed by atoms with Crippen molar-refractivity contribution < 1.29 is 19.5 Å². The lowest BCUT2D eigenvalue weighted by Gasteiger charge is -2.16. The van der Waals surface area contributed by atoms with Crippen molar-refractivity contribution in [2.24, 2.45) is 0 Å². The molecular weight excluding hydrogens is 224 g/mol. The zero-order valence-electron chi connectivity index (χ0n) is 9.06. The Bertz CT molecular complexity index is 508. The summed E-state index contributed by atoms with van der Waals surface area (Å²) in [5.74, 6) is -1.62. The standard InChI is InChI=1S/C11H10N2O4/c1-6-3-2-4-7(9(6)10(15)16)13-8(14)5-12-11(13)17/h2-4H,5H2,1H3,(H,12,17)(H,15,16). The molecule has 0 unspecified atom stereocenters. The Morgan fingerprint density at radius 3 is 2.65 bits per heavy atom. The fraction of sp³-hybridized carbons (Fsp3) is 0.182. The van der Waals surface area contributed by atoms with E-state index in [1.165, 1.54) is 6.07 Å². The minimum absolute atomic E-state index is 0.0297. The van der Waals surface area contributed by atoms with Gasteiger partial charge in [0.25, 0.3) is 5.91 Å². The lowest BCUT2D eigenvalue weighted by molar-refractivity contribution is -0.115. The number of hydrogen-bond donors (Lipinski definition) is 2. The Morgan fingerprint density at radius 2 is 2.12 bits per heavy atom. The number of amides is 3. The van der Waals surface area contributed by atoms with Crippen molar-refractivity contribution in [2.45, 2.75) is 6.92 Å². The second-order valence-corrected chi connectivity index (χ2v) is 3.66.